The second-order valence-corrected chi connectivity index (χ2v) is 7.33. The fraction of sp³-hybridized carbons (Fsp3) is 0.150. The number of anilines is 1. The summed E-state index contributed by atoms with van der Waals surface area (Å²) in [6.07, 6.45) is 0.457. The van der Waals surface area contributed by atoms with Gasteiger partial charge in [-0.3, -0.25) is 14.9 Å². The Morgan fingerprint density at radius 2 is 2.00 bits per heavy atom. The molecule has 0 aliphatic carbocycles. The third-order valence-corrected chi connectivity index (χ3v) is 4.97. The molecular formula is C20H18N4O6S. The van der Waals surface area contributed by atoms with Gasteiger partial charge in [0.1, 0.15) is 5.25 Å². The highest BCUT2D eigenvalue weighted by Gasteiger charge is 2.32. The third kappa shape index (κ3) is 6.31. The summed E-state index contributed by atoms with van der Waals surface area (Å²) >= 11 is 1.01. The molecule has 0 spiro atoms. The number of para-hydroxylation sites is 1. The fourth-order valence-corrected chi connectivity index (χ4v) is 3.42. The van der Waals surface area contributed by atoms with Crippen molar-refractivity contribution in [2.24, 2.45) is 10.2 Å². The van der Waals surface area contributed by atoms with E-state index in [1.54, 1.807) is 42.5 Å². The van der Waals surface area contributed by atoms with E-state index in [9.17, 15) is 14.4 Å². The fourth-order valence-electron chi connectivity index (χ4n) is 2.51. The van der Waals surface area contributed by atoms with Crippen LogP contribution in [0.4, 0.5) is 10.5 Å². The molecule has 1 aliphatic heterocycles. The third-order valence-electron chi connectivity index (χ3n) is 3.90. The van der Waals surface area contributed by atoms with Gasteiger partial charge >= 0.3 is 12.1 Å². The van der Waals surface area contributed by atoms with Crippen LogP contribution in [0.5, 0.6) is 11.5 Å². The first kappa shape index (κ1) is 21.8. The van der Waals surface area contributed by atoms with Crippen LogP contribution in [0.25, 0.3) is 0 Å². The molecule has 0 saturated carbocycles. The first-order valence-corrected chi connectivity index (χ1v) is 9.85. The summed E-state index contributed by atoms with van der Waals surface area (Å²) < 4.78 is 10.6. The quantitative estimate of drug-likeness (QED) is 0.443. The van der Waals surface area contributed by atoms with Crippen molar-refractivity contribution < 1.29 is 29.0 Å². The molecule has 31 heavy (non-hydrogen) atoms. The van der Waals surface area contributed by atoms with E-state index in [1.165, 1.54) is 13.3 Å². The van der Waals surface area contributed by atoms with Crippen LogP contribution in [0.1, 0.15) is 12.0 Å². The van der Waals surface area contributed by atoms with E-state index < -0.39 is 23.2 Å². The Bertz CT molecular complexity index is 1040. The number of carboxylic acid groups (broad SMARTS) is 1. The van der Waals surface area contributed by atoms with E-state index in [1.807, 2.05) is 6.07 Å². The zero-order valence-corrected chi connectivity index (χ0v) is 17.1. The van der Waals surface area contributed by atoms with Gasteiger partial charge in [0.25, 0.3) is 0 Å². The molecule has 2 amide bonds. The Kier molecular flexibility index (Phi) is 7.22. The van der Waals surface area contributed by atoms with Crippen LogP contribution in [-0.4, -0.2) is 46.8 Å². The molecule has 2 aromatic carbocycles. The second-order valence-electron chi connectivity index (χ2n) is 6.13. The lowest BCUT2D eigenvalue weighted by molar-refractivity contribution is -0.138. The van der Waals surface area contributed by atoms with E-state index in [2.05, 4.69) is 20.8 Å². The number of nitrogens with one attached hydrogen (secondary N) is 2. The minimum atomic E-state index is -1.07. The van der Waals surface area contributed by atoms with Crippen LogP contribution in [0.15, 0.2) is 58.7 Å². The van der Waals surface area contributed by atoms with Crippen LogP contribution in [0.2, 0.25) is 0 Å². The van der Waals surface area contributed by atoms with E-state index in [-0.39, 0.29) is 17.3 Å². The number of hydrogen-bond donors (Lipinski definition) is 3. The molecule has 1 fully saturated rings. The molecule has 0 radical (unpaired) electrons. The number of carboxylic acids is 1. The van der Waals surface area contributed by atoms with E-state index in [4.69, 9.17) is 14.6 Å². The molecule has 10 nitrogen and oxygen atoms in total. The topological polar surface area (TPSA) is 139 Å². The van der Waals surface area contributed by atoms with Gasteiger partial charge in [-0.1, -0.05) is 30.0 Å². The average molecular weight is 442 g/mol. The van der Waals surface area contributed by atoms with Gasteiger partial charge in [0.2, 0.25) is 5.91 Å². The van der Waals surface area contributed by atoms with Gasteiger partial charge in [-0.05, 0) is 35.9 Å². The zero-order valence-electron chi connectivity index (χ0n) is 16.3. The average Bonchev–Trinajstić information content (AvgIpc) is 3.08. The number of nitrogens with zero attached hydrogens (tertiary/aromatic N) is 2. The Morgan fingerprint density at radius 1 is 1.23 bits per heavy atom. The van der Waals surface area contributed by atoms with Crippen LogP contribution in [0.3, 0.4) is 0 Å². The summed E-state index contributed by atoms with van der Waals surface area (Å²) in [5, 5.41) is 21.1. The van der Waals surface area contributed by atoms with Gasteiger partial charge < -0.3 is 19.9 Å². The first-order chi connectivity index (χ1) is 14.9. The zero-order chi connectivity index (χ0) is 22.2. The molecule has 0 bridgehead atoms. The molecule has 2 aromatic rings. The summed E-state index contributed by atoms with van der Waals surface area (Å²) in [7, 11) is 1.44. The van der Waals surface area contributed by atoms with Crippen molar-refractivity contribution in [1.82, 2.24) is 5.32 Å². The lowest BCUT2D eigenvalue weighted by Crippen LogP contribution is -2.26. The number of carbonyl (C=O) groups excluding carboxylic acids is 2. The minimum Gasteiger partial charge on any atom is -0.493 e. The van der Waals surface area contributed by atoms with Gasteiger partial charge in [-0.2, -0.15) is 5.10 Å². The van der Waals surface area contributed by atoms with Crippen molar-refractivity contribution in [2.45, 2.75) is 11.7 Å². The monoisotopic (exact) mass is 442 g/mol. The second kappa shape index (κ2) is 10.3. The number of benzene rings is 2. The van der Waals surface area contributed by atoms with E-state index >= 15 is 0 Å². The smallest absolute Gasteiger partial charge is 0.417 e. The summed E-state index contributed by atoms with van der Waals surface area (Å²) in [4.78, 5) is 34.5. The maximum Gasteiger partial charge on any atom is 0.417 e. The van der Waals surface area contributed by atoms with Crippen LogP contribution < -0.4 is 20.1 Å². The molecule has 1 atom stereocenters. The number of amidine groups is 1. The van der Waals surface area contributed by atoms with Gasteiger partial charge in [-0.25, -0.2) is 4.79 Å². The molecular weight excluding hydrogens is 424 g/mol. The number of carbonyl (C=O) groups is 3. The molecule has 0 aromatic heterocycles. The predicted octanol–water partition coefficient (Wildman–Crippen LogP) is 2.70. The normalized spacial score (nSPS) is 16.9. The molecule has 11 heteroatoms. The number of methoxy groups -OCH3 is 1. The number of aliphatic carboxylic acids is 1. The summed E-state index contributed by atoms with van der Waals surface area (Å²) in [6, 6.07) is 13.7. The number of thioether (sulfide) groups is 1. The molecule has 1 unspecified atom stereocenters. The van der Waals surface area contributed by atoms with Gasteiger partial charge in [0.05, 0.1) is 19.7 Å². The van der Waals surface area contributed by atoms with Crippen molar-refractivity contribution >= 4 is 46.8 Å². The largest absolute Gasteiger partial charge is 0.493 e. The van der Waals surface area contributed by atoms with Crippen molar-refractivity contribution in [3.63, 3.8) is 0 Å². The van der Waals surface area contributed by atoms with Crippen LogP contribution in [0, 0.1) is 0 Å². The van der Waals surface area contributed by atoms with Crippen molar-refractivity contribution in [3.05, 3.63) is 54.1 Å². The lowest BCUT2D eigenvalue weighted by Gasteiger charge is -2.10. The molecule has 1 aliphatic rings. The Morgan fingerprint density at radius 3 is 2.71 bits per heavy atom. The minimum absolute atomic E-state index is 0.217. The molecule has 3 N–H and O–H groups in total. The first-order valence-electron chi connectivity index (χ1n) is 8.97. The Labute approximate surface area is 181 Å². The Hall–Kier alpha value is -3.86. The van der Waals surface area contributed by atoms with Crippen molar-refractivity contribution in [1.29, 1.82) is 0 Å². The number of rotatable bonds is 7. The number of ether oxygens (including phenoxy) is 2. The van der Waals surface area contributed by atoms with Crippen molar-refractivity contribution in [2.75, 3.05) is 12.4 Å². The molecule has 1 heterocycles. The summed E-state index contributed by atoms with van der Waals surface area (Å²) in [5.41, 5.74) is 1.20. The molecule has 160 valence electrons. The standard InChI is InChI=1S/C20H18N4O6S/c1-29-15-9-12(11-21-24-19-23-18(27)16(31-19)10-17(25)26)7-8-14(15)30-20(28)22-13-5-3-2-4-6-13/h2-9,11,16H,10H2,1H3,(H,22,28)(H,25,26)(H,23,24,27). The van der Waals surface area contributed by atoms with E-state index in [0.717, 1.165) is 11.8 Å². The van der Waals surface area contributed by atoms with Gasteiger partial charge in [-0.15, -0.1) is 5.10 Å². The number of amides is 2. The van der Waals surface area contributed by atoms with Crippen LogP contribution >= 0.6 is 11.8 Å². The molecule has 1 saturated heterocycles. The number of hydrogen-bond acceptors (Lipinski definition) is 8. The highest BCUT2D eigenvalue weighted by Crippen LogP contribution is 2.28. The van der Waals surface area contributed by atoms with Crippen molar-refractivity contribution in [3.8, 4) is 11.5 Å². The van der Waals surface area contributed by atoms with Crippen LogP contribution in [-0.2, 0) is 9.59 Å². The summed E-state index contributed by atoms with van der Waals surface area (Å²) in [5.74, 6) is -0.957. The highest BCUT2D eigenvalue weighted by molar-refractivity contribution is 8.15. The highest BCUT2D eigenvalue weighted by atomic mass is 32.2. The van der Waals surface area contributed by atoms with E-state index in [0.29, 0.717) is 17.0 Å². The predicted molar refractivity (Wildman–Crippen MR) is 116 cm³/mol. The van der Waals surface area contributed by atoms with Gasteiger partial charge in [0.15, 0.2) is 16.7 Å². The maximum atomic E-state index is 12.1. The molecule has 3 rings (SSSR count). The van der Waals surface area contributed by atoms with Gasteiger partial charge in [0, 0.05) is 5.69 Å². The Balaban J connectivity index is 1.62. The lowest BCUT2D eigenvalue weighted by atomic mass is 10.2. The summed E-state index contributed by atoms with van der Waals surface area (Å²) in [6.45, 7) is 0. The maximum absolute atomic E-state index is 12.1. The SMILES string of the molecule is COc1cc(C=NN=C2NC(=O)C(CC(=O)O)S2)ccc1OC(=O)Nc1ccccc1.